The molecule has 1 aromatic carbocycles. The van der Waals surface area contributed by atoms with Gasteiger partial charge in [-0.3, -0.25) is 4.99 Å². The van der Waals surface area contributed by atoms with Crippen molar-refractivity contribution in [3.05, 3.63) is 59.6 Å². The molecule has 0 saturated carbocycles. The summed E-state index contributed by atoms with van der Waals surface area (Å²) in [4.78, 5) is 4.23. The van der Waals surface area contributed by atoms with Gasteiger partial charge in [0.15, 0.2) is 0 Å². The van der Waals surface area contributed by atoms with Gasteiger partial charge in [-0.1, -0.05) is 30.3 Å². The van der Waals surface area contributed by atoms with Crippen molar-refractivity contribution >= 4 is 17.9 Å². The summed E-state index contributed by atoms with van der Waals surface area (Å²) in [6, 6.07) is 8.31. The van der Waals surface area contributed by atoms with Crippen LogP contribution >= 0.6 is 0 Å². The van der Waals surface area contributed by atoms with Crippen LogP contribution in [0.3, 0.4) is 0 Å². The molecule has 0 N–H and O–H groups in total. The third-order valence-electron chi connectivity index (χ3n) is 2.71. The van der Waals surface area contributed by atoms with Crippen LogP contribution in [-0.2, 0) is 4.74 Å². The Morgan fingerprint density at radius 1 is 1.19 bits per heavy atom. The largest absolute Gasteiger partial charge is 0.472 e. The Bertz CT molecular complexity index is 535. The lowest BCUT2D eigenvalue weighted by Gasteiger charge is -2.16. The Hall–Kier alpha value is -2.09. The third-order valence-corrected chi connectivity index (χ3v) is 2.71. The van der Waals surface area contributed by atoms with Gasteiger partial charge in [0.1, 0.15) is 0 Å². The van der Waals surface area contributed by atoms with Gasteiger partial charge >= 0.3 is 0 Å². The zero-order valence-corrected chi connectivity index (χ0v) is 8.76. The van der Waals surface area contributed by atoms with Crippen molar-refractivity contribution in [3.8, 4) is 0 Å². The molecule has 0 unspecified atom stereocenters. The zero-order valence-electron chi connectivity index (χ0n) is 8.76. The highest BCUT2D eigenvalue weighted by Crippen LogP contribution is 2.29. The fourth-order valence-corrected chi connectivity index (χ4v) is 1.95. The SMILES string of the molecule is C1=NCC=C2/C1=C\O/C=C\c1ccccc12. The first kappa shape index (κ1) is 9.16. The van der Waals surface area contributed by atoms with Crippen LogP contribution in [0.2, 0.25) is 0 Å². The number of allylic oxidation sites excluding steroid dienone is 2. The summed E-state index contributed by atoms with van der Waals surface area (Å²) in [6.07, 6.45) is 9.42. The minimum Gasteiger partial charge on any atom is -0.472 e. The van der Waals surface area contributed by atoms with Crippen molar-refractivity contribution in [1.29, 1.82) is 0 Å². The van der Waals surface area contributed by atoms with Crippen molar-refractivity contribution in [2.24, 2.45) is 4.99 Å². The van der Waals surface area contributed by atoms with Crippen LogP contribution in [0.5, 0.6) is 0 Å². The molecule has 0 aromatic heterocycles. The van der Waals surface area contributed by atoms with Crippen molar-refractivity contribution in [2.45, 2.75) is 0 Å². The van der Waals surface area contributed by atoms with Gasteiger partial charge in [-0.15, -0.1) is 0 Å². The summed E-state index contributed by atoms with van der Waals surface area (Å²) >= 11 is 0. The summed E-state index contributed by atoms with van der Waals surface area (Å²) in [5.74, 6) is 0. The Kier molecular flexibility index (Phi) is 2.18. The first-order valence-corrected chi connectivity index (χ1v) is 5.27. The van der Waals surface area contributed by atoms with E-state index in [2.05, 4.69) is 29.3 Å². The highest BCUT2D eigenvalue weighted by molar-refractivity contribution is 6.03. The normalized spacial score (nSPS) is 22.5. The molecule has 0 spiro atoms. The van der Waals surface area contributed by atoms with Crippen molar-refractivity contribution in [2.75, 3.05) is 6.54 Å². The number of aliphatic imine (C=N–C) groups is 1. The number of benzene rings is 1. The maximum absolute atomic E-state index is 5.33. The lowest BCUT2D eigenvalue weighted by Crippen LogP contribution is -2.02. The molecule has 0 saturated heterocycles. The maximum Gasteiger partial charge on any atom is 0.0995 e. The molecule has 2 heterocycles. The monoisotopic (exact) mass is 209 g/mol. The number of hydrogen-bond donors (Lipinski definition) is 0. The van der Waals surface area contributed by atoms with Gasteiger partial charge in [-0.2, -0.15) is 0 Å². The first-order chi connectivity index (χ1) is 7.95. The molecule has 16 heavy (non-hydrogen) atoms. The van der Waals surface area contributed by atoms with E-state index in [9.17, 15) is 0 Å². The molecule has 0 aliphatic carbocycles. The highest BCUT2D eigenvalue weighted by Gasteiger charge is 2.13. The number of nitrogens with zero attached hydrogens (tertiary/aromatic N) is 1. The van der Waals surface area contributed by atoms with Gasteiger partial charge in [-0.25, -0.2) is 0 Å². The lowest BCUT2D eigenvalue weighted by molar-refractivity contribution is 0.405. The van der Waals surface area contributed by atoms with E-state index in [1.807, 2.05) is 18.4 Å². The number of fused-ring (bicyclic) bond motifs is 3. The van der Waals surface area contributed by atoms with Gasteiger partial charge in [-0.05, 0) is 22.8 Å². The van der Waals surface area contributed by atoms with E-state index in [4.69, 9.17) is 4.74 Å². The molecule has 2 heteroatoms. The highest BCUT2D eigenvalue weighted by atomic mass is 16.5. The van der Waals surface area contributed by atoms with Crippen LogP contribution in [0, 0.1) is 0 Å². The number of dihydropyridines is 1. The molecule has 0 atom stereocenters. The van der Waals surface area contributed by atoms with Gasteiger partial charge in [0.25, 0.3) is 0 Å². The lowest BCUT2D eigenvalue weighted by atomic mass is 9.93. The van der Waals surface area contributed by atoms with E-state index in [1.54, 1.807) is 12.5 Å². The predicted octanol–water partition coefficient (Wildman–Crippen LogP) is 3.04. The van der Waals surface area contributed by atoms with Crippen molar-refractivity contribution < 1.29 is 4.74 Å². The molecule has 2 nitrogen and oxygen atoms in total. The number of ether oxygens (including phenoxy) is 1. The molecule has 3 rings (SSSR count). The van der Waals surface area contributed by atoms with Crippen LogP contribution < -0.4 is 0 Å². The second kappa shape index (κ2) is 3.81. The van der Waals surface area contributed by atoms with E-state index in [0.717, 1.165) is 12.1 Å². The van der Waals surface area contributed by atoms with Gasteiger partial charge in [0.2, 0.25) is 0 Å². The summed E-state index contributed by atoms with van der Waals surface area (Å²) in [6.45, 7) is 0.741. The third kappa shape index (κ3) is 1.48. The average Bonchev–Trinajstić information content (AvgIpc) is 2.33. The minimum atomic E-state index is 0.741. The van der Waals surface area contributed by atoms with Gasteiger partial charge in [0, 0.05) is 11.8 Å². The number of rotatable bonds is 0. The maximum atomic E-state index is 5.33. The molecule has 0 bridgehead atoms. The molecular formula is C14H11NO. The van der Waals surface area contributed by atoms with E-state index in [1.165, 1.54) is 16.7 Å². The van der Waals surface area contributed by atoms with Gasteiger partial charge < -0.3 is 4.74 Å². The molecule has 0 fully saturated rings. The summed E-state index contributed by atoms with van der Waals surface area (Å²) < 4.78 is 5.33. The smallest absolute Gasteiger partial charge is 0.0995 e. The molecule has 1 aromatic rings. The van der Waals surface area contributed by atoms with Crippen LogP contribution in [0.25, 0.3) is 11.6 Å². The molecule has 78 valence electrons. The molecule has 2 aliphatic heterocycles. The van der Waals surface area contributed by atoms with Gasteiger partial charge in [0.05, 0.1) is 19.1 Å². The Morgan fingerprint density at radius 2 is 2.12 bits per heavy atom. The van der Waals surface area contributed by atoms with E-state index < -0.39 is 0 Å². The average molecular weight is 209 g/mol. The summed E-state index contributed by atoms with van der Waals surface area (Å²) in [7, 11) is 0. The van der Waals surface area contributed by atoms with Crippen LogP contribution in [0.1, 0.15) is 11.1 Å². The molecule has 0 amide bonds. The standard InChI is InChI=1S/C14H11NO/c1-2-4-13-11(3-1)6-8-16-10-12-9-15-7-5-14(12)13/h1-6,8-10H,7H2/b8-6-,12-10-. The van der Waals surface area contributed by atoms with E-state index in [0.29, 0.717) is 0 Å². The number of hydrogen-bond acceptors (Lipinski definition) is 2. The first-order valence-electron chi connectivity index (χ1n) is 5.27. The molecule has 0 radical (unpaired) electrons. The molecular weight excluding hydrogens is 198 g/mol. The van der Waals surface area contributed by atoms with E-state index >= 15 is 0 Å². The Labute approximate surface area is 94.3 Å². The Balaban J connectivity index is 2.22. The second-order valence-corrected chi connectivity index (χ2v) is 3.71. The van der Waals surface area contributed by atoms with E-state index in [-0.39, 0.29) is 0 Å². The minimum absolute atomic E-state index is 0.741. The van der Waals surface area contributed by atoms with Crippen LogP contribution in [-0.4, -0.2) is 12.8 Å². The molecule has 2 aliphatic rings. The predicted molar refractivity (Wildman–Crippen MR) is 66.0 cm³/mol. The topological polar surface area (TPSA) is 21.6 Å². The quantitative estimate of drug-likeness (QED) is 0.643. The van der Waals surface area contributed by atoms with Crippen LogP contribution in [0.15, 0.2) is 53.4 Å². The summed E-state index contributed by atoms with van der Waals surface area (Å²) in [5, 5.41) is 0. The van der Waals surface area contributed by atoms with Crippen LogP contribution in [0.4, 0.5) is 0 Å². The second-order valence-electron chi connectivity index (χ2n) is 3.71. The van der Waals surface area contributed by atoms with Crippen molar-refractivity contribution in [1.82, 2.24) is 0 Å². The fourth-order valence-electron chi connectivity index (χ4n) is 1.95. The zero-order chi connectivity index (χ0) is 10.8. The van der Waals surface area contributed by atoms with Crippen molar-refractivity contribution in [3.63, 3.8) is 0 Å². The summed E-state index contributed by atoms with van der Waals surface area (Å²) in [5.41, 5.74) is 4.65. The fraction of sp³-hybridized carbons (Fsp3) is 0.0714. The Morgan fingerprint density at radius 3 is 3.12 bits per heavy atom.